The Morgan fingerprint density at radius 3 is 1.61 bits per heavy atom. The van der Waals surface area contributed by atoms with Crippen molar-refractivity contribution in [2.45, 2.75) is 20.5 Å². The van der Waals surface area contributed by atoms with Crippen molar-refractivity contribution >= 4 is 69.6 Å². The number of alkyl halides is 4. The van der Waals surface area contributed by atoms with Crippen molar-refractivity contribution < 1.29 is 0 Å². The molecule has 0 aromatic carbocycles. The van der Waals surface area contributed by atoms with Crippen LogP contribution in [0, 0.1) is 23.7 Å². The fourth-order valence-electron chi connectivity index (χ4n) is 4.48. The molecule has 4 bridgehead atoms. The number of halogens is 6. The second-order valence-electron chi connectivity index (χ2n) is 5.63. The first kappa shape index (κ1) is 12.9. The summed E-state index contributed by atoms with van der Waals surface area (Å²) < 4.78 is -1.37. The molecule has 18 heavy (non-hydrogen) atoms. The highest BCUT2D eigenvalue weighted by Crippen LogP contribution is 2.81. The summed E-state index contributed by atoms with van der Waals surface area (Å²) in [6, 6.07) is 0. The van der Waals surface area contributed by atoms with Crippen LogP contribution in [-0.2, 0) is 0 Å². The second-order valence-corrected chi connectivity index (χ2v) is 8.90. The molecule has 0 saturated heterocycles. The lowest BCUT2D eigenvalue weighted by atomic mass is 9.75. The van der Waals surface area contributed by atoms with Crippen LogP contribution in [-0.4, -0.2) is 14.1 Å². The molecule has 0 aliphatic heterocycles. The minimum atomic E-state index is -1.37. The van der Waals surface area contributed by atoms with Crippen LogP contribution in [0.1, 0.15) is 6.42 Å². The molecule has 0 nitrogen and oxygen atoms in total. The Kier molecular flexibility index (Phi) is 2.40. The Morgan fingerprint density at radius 2 is 1.22 bits per heavy atom. The molecule has 98 valence electrons. The van der Waals surface area contributed by atoms with E-state index in [1.807, 2.05) is 0 Å². The van der Waals surface area contributed by atoms with E-state index in [-0.39, 0.29) is 11.8 Å². The Hall–Kier alpha value is 1.22. The zero-order chi connectivity index (χ0) is 13.1. The first-order valence-electron chi connectivity index (χ1n) is 5.78. The minimum absolute atomic E-state index is 0.0664. The molecule has 0 aromatic heterocycles. The van der Waals surface area contributed by atoms with Gasteiger partial charge < -0.3 is 0 Å². The smallest absolute Gasteiger partial charge is 0.109 e. The van der Waals surface area contributed by atoms with E-state index < -0.39 is 14.1 Å². The fourth-order valence-corrected chi connectivity index (χ4v) is 7.61. The molecule has 4 aliphatic carbocycles. The molecule has 6 atom stereocenters. The van der Waals surface area contributed by atoms with Gasteiger partial charge in [0.05, 0.1) is 10.1 Å². The monoisotopic (exact) mass is 362 g/mol. The molecule has 0 spiro atoms. The minimum Gasteiger partial charge on any atom is -0.109 e. The van der Waals surface area contributed by atoms with Gasteiger partial charge in [0.15, 0.2) is 4.33 Å². The van der Waals surface area contributed by atoms with Gasteiger partial charge in [-0.1, -0.05) is 58.6 Å². The van der Waals surface area contributed by atoms with Crippen molar-refractivity contribution in [2.24, 2.45) is 23.7 Å². The number of hydrogen-bond donors (Lipinski definition) is 0. The van der Waals surface area contributed by atoms with E-state index in [4.69, 9.17) is 69.6 Å². The van der Waals surface area contributed by atoms with E-state index in [1.54, 1.807) is 0 Å². The van der Waals surface area contributed by atoms with Crippen molar-refractivity contribution in [3.05, 3.63) is 22.2 Å². The lowest BCUT2D eigenvalue weighted by molar-refractivity contribution is 0.305. The zero-order valence-corrected chi connectivity index (χ0v) is 13.5. The fraction of sp³-hybridized carbons (Fsp3) is 0.667. The highest BCUT2D eigenvalue weighted by molar-refractivity contribution is 6.65. The van der Waals surface area contributed by atoms with E-state index in [1.165, 1.54) is 0 Å². The Morgan fingerprint density at radius 1 is 0.833 bits per heavy atom. The molecular weight excluding hydrogens is 357 g/mol. The molecule has 4 aliphatic rings. The Bertz CT molecular complexity index is 481. The average molecular weight is 365 g/mol. The second kappa shape index (κ2) is 3.34. The first-order chi connectivity index (χ1) is 8.28. The molecule has 0 heterocycles. The summed E-state index contributed by atoms with van der Waals surface area (Å²) in [4.78, 5) is -2.13. The molecule has 0 aromatic rings. The normalized spacial score (nSPS) is 58.8. The van der Waals surface area contributed by atoms with Crippen LogP contribution in [0.3, 0.4) is 0 Å². The summed E-state index contributed by atoms with van der Waals surface area (Å²) in [7, 11) is 0. The third kappa shape index (κ3) is 0.973. The largest absolute Gasteiger partial charge is 0.166 e. The van der Waals surface area contributed by atoms with Gasteiger partial charge in [-0.05, 0) is 30.1 Å². The molecule has 0 unspecified atom stereocenters. The topological polar surface area (TPSA) is 0 Å². The Balaban J connectivity index is 2.03. The molecule has 4 rings (SSSR count). The van der Waals surface area contributed by atoms with Crippen molar-refractivity contribution in [1.29, 1.82) is 0 Å². The van der Waals surface area contributed by atoms with Crippen molar-refractivity contribution in [2.75, 3.05) is 0 Å². The summed E-state index contributed by atoms with van der Waals surface area (Å²) >= 11 is 39.2. The highest BCUT2D eigenvalue weighted by atomic mass is 35.5. The van der Waals surface area contributed by atoms with E-state index in [9.17, 15) is 0 Å². The van der Waals surface area contributed by atoms with Crippen molar-refractivity contribution in [3.63, 3.8) is 0 Å². The van der Waals surface area contributed by atoms with Gasteiger partial charge in [-0.15, -0.1) is 23.2 Å². The van der Waals surface area contributed by atoms with Crippen LogP contribution in [0.2, 0.25) is 0 Å². The van der Waals surface area contributed by atoms with Crippen LogP contribution >= 0.6 is 69.6 Å². The van der Waals surface area contributed by atoms with Crippen molar-refractivity contribution in [3.8, 4) is 0 Å². The predicted octanol–water partition coefficient (Wildman–Crippen LogP) is 5.27. The average Bonchev–Trinajstić information content (AvgIpc) is 2.97. The van der Waals surface area contributed by atoms with Crippen LogP contribution in [0.25, 0.3) is 0 Å². The molecule has 0 N–H and O–H groups in total. The first-order valence-corrected chi connectivity index (χ1v) is 8.05. The summed E-state index contributed by atoms with van der Waals surface area (Å²) in [5.41, 5.74) is 0. The van der Waals surface area contributed by atoms with Gasteiger partial charge in [0, 0.05) is 0 Å². The molecule has 0 amide bonds. The van der Waals surface area contributed by atoms with Gasteiger partial charge in [0.25, 0.3) is 0 Å². The SMILES string of the molecule is ClC1=C(Cl)[C@]2(Cl)[C@H]3[C@H]([C@H]4C=C[C@@H]3C4)[C@]1(Cl)C2(Cl)Cl. The van der Waals surface area contributed by atoms with Gasteiger partial charge >= 0.3 is 0 Å². The molecule has 2 fully saturated rings. The van der Waals surface area contributed by atoms with Gasteiger partial charge in [0.1, 0.15) is 9.75 Å². The molecule has 2 saturated carbocycles. The number of fused-ring (bicyclic) bond motifs is 9. The molecular formula is C12H8Cl6. The van der Waals surface area contributed by atoms with E-state index >= 15 is 0 Å². The molecule has 0 radical (unpaired) electrons. The predicted molar refractivity (Wildman–Crippen MR) is 78.1 cm³/mol. The molecule has 6 heteroatoms. The maximum Gasteiger partial charge on any atom is 0.166 e. The maximum absolute atomic E-state index is 6.76. The standard InChI is InChI=1S/C12H8Cl6/c13-8-9(14)11(16)7-5-2-1-4(3-5)6(7)10(8,15)12(11,17)18/h1-2,4-7H,3H2/t4-,5+,6-,7+,10-,11-/m1/s1. The van der Waals surface area contributed by atoms with Crippen molar-refractivity contribution in [1.82, 2.24) is 0 Å². The van der Waals surface area contributed by atoms with E-state index in [2.05, 4.69) is 12.2 Å². The van der Waals surface area contributed by atoms with Gasteiger partial charge in [-0.2, -0.15) is 0 Å². The number of hydrogen-bond acceptors (Lipinski definition) is 0. The zero-order valence-electron chi connectivity index (χ0n) is 8.94. The summed E-state index contributed by atoms with van der Waals surface area (Å²) in [5, 5.41) is 0.654. The highest BCUT2D eigenvalue weighted by Gasteiger charge is 2.85. The quantitative estimate of drug-likeness (QED) is 0.312. The van der Waals surface area contributed by atoms with Crippen LogP contribution < -0.4 is 0 Å². The third-order valence-corrected chi connectivity index (χ3v) is 9.42. The lowest BCUT2D eigenvalue weighted by Crippen LogP contribution is -2.46. The summed E-state index contributed by atoms with van der Waals surface area (Å²) in [6.07, 6.45) is 5.40. The van der Waals surface area contributed by atoms with Crippen LogP contribution in [0.5, 0.6) is 0 Å². The summed E-state index contributed by atoms with van der Waals surface area (Å²) in [6.45, 7) is 0. The lowest BCUT2D eigenvalue weighted by Gasteiger charge is -2.37. The van der Waals surface area contributed by atoms with Crippen LogP contribution in [0.4, 0.5) is 0 Å². The number of allylic oxidation sites excluding steroid dienone is 4. The number of rotatable bonds is 0. The van der Waals surface area contributed by atoms with Gasteiger partial charge in [-0.25, -0.2) is 0 Å². The van der Waals surface area contributed by atoms with E-state index in [0.29, 0.717) is 21.9 Å². The van der Waals surface area contributed by atoms with Gasteiger partial charge in [-0.3, -0.25) is 0 Å². The summed E-state index contributed by atoms with van der Waals surface area (Å²) in [5.74, 6) is 0.815. The van der Waals surface area contributed by atoms with E-state index in [0.717, 1.165) is 6.42 Å². The van der Waals surface area contributed by atoms with Crippen LogP contribution in [0.15, 0.2) is 22.2 Å². The Labute approximate surface area is 135 Å². The van der Waals surface area contributed by atoms with Gasteiger partial charge in [0.2, 0.25) is 0 Å². The maximum atomic E-state index is 6.76. The third-order valence-electron chi connectivity index (χ3n) is 5.12.